The quantitative estimate of drug-likeness (QED) is 0.787. The standard InChI is InChI=1S/C17H20N4O/c1-3-6-15-20-14-11-19-13-8-5-4-7-12(13)17(14)21(15)10-9-16(22)18-2/h4-5,7-8,11H,3,6,9-10H2,1-2H3,(H,18,22). The highest BCUT2D eigenvalue weighted by Crippen LogP contribution is 2.25. The van der Waals surface area contributed by atoms with Gasteiger partial charge in [0.05, 0.1) is 17.2 Å². The third-order valence-corrected chi connectivity index (χ3v) is 3.87. The molecule has 0 saturated carbocycles. The van der Waals surface area contributed by atoms with Crippen LogP contribution in [0.1, 0.15) is 25.6 Å². The minimum atomic E-state index is 0.0441. The molecule has 3 rings (SSSR count). The number of para-hydroxylation sites is 1. The summed E-state index contributed by atoms with van der Waals surface area (Å²) in [6, 6.07) is 8.07. The van der Waals surface area contributed by atoms with Gasteiger partial charge >= 0.3 is 0 Å². The number of carbonyl (C=O) groups is 1. The molecule has 22 heavy (non-hydrogen) atoms. The molecule has 0 radical (unpaired) electrons. The largest absolute Gasteiger partial charge is 0.359 e. The van der Waals surface area contributed by atoms with Crippen molar-refractivity contribution >= 4 is 27.8 Å². The fourth-order valence-electron chi connectivity index (χ4n) is 2.80. The summed E-state index contributed by atoms with van der Waals surface area (Å²) >= 11 is 0. The monoisotopic (exact) mass is 296 g/mol. The van der Waals surface area contributed by atoms with Crippen LogP contribution in [0, 0.1) is 0 Å². The van der Waals surface area contributed by atoms with Crippen LogP contribution in [0.25, 0.3) is 21.9 Å². The molecule has 0 aliphatic heterocycles. The molecule has 2 heterocycles. The van der Waals surface area contributed by atoms with Gasteiger partial charge in [-0.2, -0.15) is 0 Å². The highest BCUT2D eigenvalue weighted by Gasteiger charge is 2.14. The van der Waals surface area contributed by atoms with E-state index in [9.17, 15) is 4.79 Å². The maximum Gasteiger partial charge on any atom is 0.221 e. The molecular formula is C17H20N4O. The van der Waals surface area contributed by atoms with E-state index in [1.54, 1.807) is 7.05 Å². The Bertz CT molecular complexity index is 822. The summed E-state index contributed by atoms with van der Waals surface area (Å²) in [5, 5.41) is 3.77. The lowest BCUT2D eigenvalue weighted by atomic mass is 10.2. The maximum atomic E-state index is 11.6. The lowest BCUT2D eigenvalue weighted by Gasteiger charge is -2.09. The van der Waals surface area contributed by atoms with Gasteiger partial charge in [-0.1, -0.05) is 25.1 Å². The van der Waals surface area contributed by atoms with Crippen molar-refractivity contribution in [2.75, 3.05) is 7.05 Å². The van der Waals surface area contributed by atoms with Crippen LogP contribution in [0.15, 0.2) is 30.5 Å². The Hall–Kier alpha value is -2.43. The summed E-state index contributed by atoms with van der Waals surface area (Å²) in [6.07, 6.45) is 4.20. The first kappa shape index (κ1) is 14.5. The van der Waals surface area contributed by atoms with Crippen molar-refractivity contribution in [2.45, 2.75) is 32.7 Å². The second-order valence-corrected chi connectivity index (χ2v) is 5.36. The zero-order valence-electron chi connectivity index (χ0n) is 13.0. The Morgan fingerprint density at radius 1 is 1.27 bits per heavy atom. The Balaban J connectivity index is 2.17. The van der Waals surface area contributed by atoms with Gasteiger partial charge in [0.1, 0.15) is 11.3 Å². The predicted molar refractivity (Wildman–Crippen MR) is 87.7 cm³/mol. The number of pyridine rings is 1. The van der Waals surface area contributed by atoms with E-state index in [0.29, 0.717) is 13.0 Å². The van der Waals surface area contributed by atoms with Crippen LogP contribution in [0.4, 0.5) is 0 Å². The summed E-state index contributed by atoms with van der Waals surface area (Å²) < 4.78 is 2.18. The normalized spacial score (nSPS) is 11.2. The number of hydrogen-bond donors (Lipinski definition) is 1. The zero-order valence-corrected chi connectivity index (χ0v) is 13.0. The van der Waals surface area contributed by atoms with Crippen LogP contribution in [-0.4, -0.2) is 27.5 Å². The number of hydrogen-bond acceptors (Lipinski definition) is 3. The van der Waals surface area contributed by atoms with Crippen molar-refractivity contribution in [1.29, 1.82) is 0 Å². The molecule has 0 aliphatic rings. The second-order valence-electron chi connectivity index (χ2n) is 5.36. The van der Waals surface area contributed by atoms with Crippen LogP contribution >= 0.6 is 0 Å². The number of rotatable bonds is 5. The van der Waals surface area contributed by atoms with Crippen molar-refractivity contribution in [2.24, 2.45) is 0 Å². The number of amides is 1. The average Bonchev–Trinajstić information content (AvgIpc) is 2.90. The molecule has 1 aromatic carbocycles. The third kappa shape index (κ3) is 2.54. The molecule has 1 N–H and O–H groups in total. The van der Waals surface area contributed by atoms with Crippen LogP contribution in [0.2, 0.25) is 0 Å². The van der Waals surface area contributed by atoms with Crippen molar-refractivity contribution in [1.82, 2.24) is 19.9 Å². The van der Waals surface area contributed by atoms with E-state index in [1.807, 2.05) is 24.4 Å². The molecule has 1 amide bonds. The molecule has 0 aliphatic carbocycles. The Kier molecular flexibility index (Phi) is 4.04. The molecule has 0 atom stereocenters. The highest BCUT2D eigenvalue weighted by molar-refractivity contribution is 6.02. The summed E-state index contributed by atoms with van der Waals surface area (Å²) in [5.74, 6) is 1.07. The van der Waals surface area contributed by atoms with E-state index in [0.717, 1.165) is 40.6 Å². The fourth-order valence-corrected chi connectivity index (χ4v) is 2.80. The average molecular weight is 296 g/mol. The van der Waals surface area contributed by atoms with Crippen LogP contribution in [-0.2, 0) is 17.8 Å². The van der Waals surface area contributed by atoms with Crippen molar-refractivity contribution in [3.8, 4) is 0 Å². The molecule has 0 spiro atoms. The van der Waals surface area contributed by atoms with Crippen LogP contribution < -0.4 is 5.32 Å². The topological polar surface area (TPSA) is 59.8 Å². The Labute approximate surface area is 129 Å². The van der Waals surface area contributed by atoms with Crippen molar-refractivity contribution in [3.05, 3.63) is 36.3 Å². The number of nitrogens with one attached hydrogen (secondary N) is 1. The van der Waals surface area contributed by atoms with Gasteiger partial charge in [0, 0.05) is 31.8 Å². The second kappa shape index (κ2) is 6.13. The Morgan fingerprint density at radius 2 is 2.09 bits per heavy atom. The molecule has 2 aromatic heterocycles. The molecule has 0 fully saturated rings. The minimum absolute atomic E-state index is 0.0441. The third-order valence-electron chi connectivity index (χ3n) is 3.87. The van der Waals surface area contributed by atoms with Crippen molar-refractivity contribution in [3.63, 3.8) is 0 Å². The zero-order chi connectivity index (χ0) is 15.5. The molecule has 114 valence electrons. The SMILES string of the molecule is CCCc1nc2cnc3ccccc3c2n1CCC(=O)NC. The van der Waals surface area contributed by atoms with Gasteiger partial charge in [-0.05, 0) is 12.5 Å². The summed E-state index contributed by atoms with van der Waals surface area (Å²) in [5.41, 5.74) is 2.94. The van der Waals surface area contributed by atoms with Crippen LogP contribution in [0.5, 0.6) is 0 Å². The molecule has 0 bridgehead atoms. The molecular weight excluding hydrogens is 276 g/mol. The first-order valence-corrected chi connectivity index (χ1v) is 7.68. The molecule has 5 heteroatoms. The lowest BCUT2D eigenvalue weighted by molar-refractivity contribution is -0.120. The number of aromatic nitrogens is 3. The van der Waals surface area contributed by atoms with Crippen LogP contribution in [0.3, 0.4) is 0 Å². The number of carbonyl (C=O) groups excluding carboxylic acids is 1. The van der Waals surface area contributed by atoms with Gasteiger partial charge in [-0.3, -0.25) is 9.78 Å². The van der Waals surface area contributed by atoms with Gasteiger partial charge in [0.2, 0.25) is 5.91 Å². The van der Waals surface area contributed by atoms with Gasteiger partial charge in [0.15, 0.2) is 0 Å². The van der Waals surface area contributed by atoms with Gasteiger partial charge in [0.25, 0.3) is 0 Å². The van der Waals surface area contributed by atoms with E-state index in [2.05, 4.69) is 27.9 Å². The number of benzene rings is 1. The van der Waals surface area contributed by atoms with E-state index in [-0.39, 0.29) is 5.91 Å². The van der Waals surface area contributed by atoms with Gasteiger partial charge < -0.3 is 9.88 Å². The highest BCUT2D eigenvalue weighted by atomic mass is 16.1. The number of fused-ring (bicyclic) bond motifs is 3. The molecule has 3 aromatic rings. The molecule has 0 unspecified atom stereocenters. The first-order valence-electron chi connectivity index (χ1n) is 7.68. The minimum Gasteiger partial charge on any atom is -0.359 e. The molecule has 5 nitrogen and oxygen atoms in total. The number of imidazole rings is 1. The van der Waals surface area contributed by atoms with Crippen molar-refractivity contribution < 1.29 is 4.79 Å². The molecule has 0 saturated heterocycles. The smallest absolute Gasteiger partial charge is 0.221 e. The van der Waals surface area contributed by atoms with Gasteiger partial charge in [-0.15, -0.1) is 0 Å². The van der Waals surface area contributed by atoms with E-state index in [4.69, 9.17) is 4.98 Å². The summed E-state index contributed by atoms with van der Waals surface area (Å²) in [4.78, 5) is 20.8. The van der Waals surface area contributed by atoms with E-state index in [1.165, 1.54) is 0 Å². The summed E-state index contributed by atoms with van der Waals surface area (Å²) in [7, 11) is 1.67. The first-order chi connectivity index (χ1) is 10.7. The van der Waals surface area contributed by atoms with E-state index >= 15 is 0 Å². The predicted octanol–water partition coefficient (Wildman–Crippen LogP) is 2.67. The van der Waals surface area contributed by atoms with Gasteiger partial charge in [-0.25, -0.2) is 4.98 Å². The van der Waals surface area contributed by atoms with E-state index < -0.39 is 0 Å². The Morgan fingerprint density at radius 3 is 2.86 bits per heavy atom. The number of nitrogens with zero attached hydrogens (tertiary/aromatic N) is 3. The maximum absolute atomic E-state index is 11.6. The number of aryl methyl sites for hydroxylation is 2. The fraction of sp³-hybridized carbons (Fsp3) is 0.353. The summed E-state index contributed by atoms with van der Waals surface area (Å²) in [6.45, 7) is 2.78. The lowest BCUT2D eigenvalue weighted by Crippen LogP contribution is -2.20.